The second kappa shape index (κ2) is 8.97. The largest absolute Gasteiger partial charge is 0.475 e. The number of nitrogens with zero attached hydrogens (tertiary/aromatic N) is 2. The number of hydrogen-bond acceptors (Lipinski definition) is 10. The molecule has 1 aromatic heterocycles. The van der Waals surface area contributed by atoms with Crippen LogP contribution in [0.3, 0.4) is 0 Å². The molecular formula is C18H21ClN3O8P. The van der Waals surface area contributed by atoms with E-state index in [9.17, 15) is 19.6 Å². The molecule has 2 aliphatic heterocycles. The maximum absolute atomic E-state index is 12.9. The lowest BCUT2D eigenvalue weighted by molar-refractivity contribution is -0.0609. The van der Waals surface area contributed by atoms with E-state index in [0.717, 1.165) is 10.1 Å². The number of halogens is 1. The molecule has 168 valence electrons. The fourth-order valence-electron chi connectivity index (χ4n) is 3.39. The summed E-state index contributed by atoms with van der Waals surface area (Å²) in [6.45, 7) is -0.286. The van der Waals surface area contributed by atoms with Gasteiger partial charge in [0.25, 0.3) is 0 Å². The standard InChI is InChI=1S/C18H21ClN3O8P/c19-11-3-1-2-10(8-11)12-5-7-27-31(26,30-12)28-9-13-15(23)16(24)17(29-13)22-6-4-14(20)21-18(22)25/h1-4,6,8,12-13,15-17,23-24H,5,7,9H2,(H2,20,21,25)/t12-,13-,15-,16+,17-,31?/m1/s1. The molecule has 31 heavy (non-hydrogen) atoms. The molecule has 3 heterocycles. The Morgan fingerprint density at radius 3 is 2.87 bits per heavy atom. The van der Waals surface area contributed by atoms with Gasteiger partial charge in [-0.15, -0.1) is 0 Å². The molecule has 0 amide bonds. The predicted octanol–water partition coefficient (Wildman–Crippen LogP) is 1.40. The number of aromatic nitrogens is 2. The highest BCUT2D eigenvalue weighted by Gasteiger charge is 2.46. The quantitative estimate of drug-likeness (QED) is 0.542. The summed E-state index contributed by atoms with van der Waals surface area (Å²) < 4.78 is 35.6. The van der Waals surface area contributed by atoms with E-state index in [1.807, 2.05) is 0 Å². The van der Waals surface area contributed by atoms with Crippen LogP contribution >= 0.6 is 19.4 Å². The van der Waals surface area contributed by atoms with Crippen molar-refractivity contribution in [3.8, 4) is 0 Å². The third-order valence-corrected chi connectivity index (χ3v) is 6.68. The first-order valence-electron chi connectivity index (χ1n) is 9.45. The number of anilines is 1. The van der Waals surface area contributed by atoms with Gasteiger partial charge in [-0.1, -0.05) is 23.7 Å². The fraction of sp³-hybridized carbons (Fsp3) is 0.444. The Hall–Kier alpha value is -1.82. The van der Waals surface area contributed by atoms with Crippen molar-refractivity contribution in [1.29, 1.82) is 0 Å². The molecule has 0 spiro atoms. The van der Waals surface area contributed by atoms with E-state index in [1.165, 1.54) is 12.3 Å². The molecule has 11 nitrogen and oxygen atoms in total. The predicted molar refractivity (Wildman–Crippen MR) is 108 cm³/mol. The first-order chi connectivity index (χ1) is 14.8. The van der Waals surface area contributed by atoms with Gasteiger partial charge >= 0.3 is 13.5 Å². The zero-order valence-corrected chi connectivity index (χ0v) is 17.8. The Kier molecular flexibility index (Phi) is 6.47. The topological polar surface area (TPSA) is 155 Å². The van der Waals surface area contributed by atoms with Crippen LogP contribution in [0.5, 0.6) is 0 Å². The summed E-state index contributed by atoms with van der Waals surface area (Å²) in [6.07, 6.45) is -4.01. The first-order valence-corrected chi connectivity index (χ1v) is 11.3. The maximum Gasteiger partial charge on any atom is 0.475 e. The van der Waals surface area contributed by atoms with Gasteiger partial charge in [-0.2, -0.15) is 4.98 Å². The van der Waals surface area contributed by atoms with Crippen LogP contribution in [-0.2, 0) is 22.9 Å². The van der Waals surface area contributed by atoms with Crippen molar-refractivity contribution < 1.29 is 33.1 Å². The van der Waals surface area contributed by atoms with Crippen molar-refractivity contribution in [3.05, 3.63) is 57.6 Å². The monoisotopic (exact) mass is 473 g/mol. The average Bonchev–Trinajstić information content (AvgIpc) is 3.01. The van der Waals surface area contributed by atoms with E-state index >= 15 is 0 Å². The Balaban J connectivity index is 1.42. The van der Waals surface area contributed by atoms with Crippen LogP contribution in [0.4, 0.5) is 5.82 Å². The minimum atomic E-state index is -3.97. The molecule has 0 saturated carbocycles. The number of rotatable bonds is 5. The van der Waals surface area contributed by atoms with Gasteiger partial charge in [-0.3, -0.25) is 18.1 Å². The van der Waals surface area contributed by atoms with Gasteiger partial charge in [0, 0.05) is 17.6 Å². The number of phosphoric acid groups is 1. The van der Waals surface area contributed by atoms with Gasteiger partial charge in [0.05, 0.1) is 19.3 Å². The van der Waals surface area contributed by atoms with E-state index < -0.39 is 50.8 Å². The van der Waals surface area contributed by atoms with Gasteiger partial charge in [-0.05, 0) is 23.8 Å². The molecule has 1 unspecified atom stereocenters. The molecule has 2 saturated heterocycles. The number of hydrogen-bond donors (Lipinski definition) is 3. The summed E-state index contributed by atoms with van der Waals surface area (Å²) in [5.41, 5.74) is 5.43. The normalized spacial score (nSPS) is 33.5. The highest BCUT2D eigenvalue weighted by atomic mass is 35.5. The summed E-state index contributed by atoms with van der Waals surface area (Å²) in [4.78, 5) is 15.6. The van der Waals surface area contributed by atoms with Crippen LogP contribution in [0.2, 0.25) is 5.02 Å². The molecule has 2 aliphatic rings. The summed E-state index contributed by atoms with van der Waals surface area (Å²) in [5, 5.41) is 21.1. The zero-order valence-electron chi connectivity index (χ0n) is 16.1. The van der Waals surface area contributed by atoms with Crippen LogP contribution in [0.25, 0.3) is 0 Å². The molecule has 1 aromatic carbocycles. The van der Waals surface area contributed by atoms with Crippen molar-refractivity contribution in [2.75, 3.05) is 18.9 Å². The number of nitrogen functional groups attached to an aromatic ring is 1. The molecule has 0 aliphatic carbocycles. The molecule has 2 fully saturated rings. The summed E-state index contributed by atoms with van der Waals surface area (Å²) in [7, 11) is -3.97. The fourth-order valence-corrected chi connectivity index (χ4v) is 4.99. The highest BCUT2D eigenvalue weighted by molar-refractivity contribution is 7.48. The van der Waals surface area contributed by atoms with Crippen LogP contribution < -0.4 is 11.4 Å². The minimum Gasteiger partial charge on any atom is -0.387 e. The van der Waals surface area contributed by atoms with Gasteiger partial charge < -0.3 is 20.7 Å². The van der Waals surface area contributed by atoms with Crippen molar-refractivity contribution in [2.45, 2.75) is 37.1 Å². The maximum atomic E-state index is 12.9. The van der Waals surface area contributed by atoms with E-state index in [2.05, 4.69) is 4.98 Å². The van der Waals surface area contributed by atoms with E-state index in [1.54, 1.807) is 24.3 Å². The SMILES string of the molecule is Nc1ccn([C@@H]2O[C@H](COP3(=O)OCC[C@H](c4cccc(Cl)c4)O3)[C@@H](O)[C@@H]2O)c(=O)n1. The molecule has 4 rings (SSSR count). The van der Waals surface area contributed by atoms with Crippen molar-refractivity contribution >= 4 is 25.2 Å². The molecular weight excluding hydrogens is 453 g/mol. The van der Waals surface area contributed by atoms with Gasteiger partial charge in [-0.25, -0.2) is 9.36 Å². The molecule has 4 N–H and O–H groups in total. The van der Waals surface area contributed by atoms with Crippen LogP contribution in [0, 0.1) is 0 Å². The summed E-state index contributed by atoms with van der Waals surface area (Å²) in [5.74, 6) is 0.00752. The van der Waals surface area contributed by atoms with E-state index in [4.69, 9.17) is 35.6 Å². The Morgan fingerprint density at radius 2 is 2.13 bits per heavy atom. The van der Waals surface area contributed by atoms with Crippen molar-refractivity contribution in [1.82, 2.24) is 9.55 Å². The second-order valence-electron chi connectivity index (χ2n) is 7.10. The highest BCUT2D eigenvalue weighted by Crippen LogP contribution is 2.57. The lowest BCUT2D eigenvalue weighted by atomic mass is 10.1. The van der Waals surface area contributed by atoms with Gasteiger partial charge in [0.15, 0.2) is 6.23 Å². The number of benzene rings is 1. The average molecular weight is 474 g/mol. The van der Waals surface area contributed by atoms with E-state index in [0.29, 0.717) is 11.4 Å². The van der Waals surface area contributed by atoms with Crippen LogP contribution in [0.1, 0.15) is 24.3 Å². The number of phosphoric ester groups is 1. The molecule has 2 aromatic rings. The second-order valence-corrected chi connectivity index (χ2v) is 9.16. The number of ether oxygens (including phenoxy) is 1. The minimum absolute atomic E-state index is 0.00752. The third-order valence-electron chi connectivity index (χ3n) is 4.97. The van der Waals surface area contributed by atoms with E-state index in [-0.39, 0.29) is 12.4 Å². The van der Waals surface area contributed by atoms with Crippen molar-refractivity contribution in [2.24, 2.45) is 0 Å². The Bertz CT molecular complexity index is 1050. The van der Waals surface area contributed by atoms with Crippen LogP contribution in [-0.4, -0.2) is 51.3 Å². The zero-order chi connectivity index (χ0) is 22.2. The molecule has 0 bridgehead atoms. The molecule has 0 radical (unpaired) electrons. The Morgan fingerprint density at radius 1 is 1.32 bits per heavy atom. The summed E-state index contributed by atoms with van der Waals surface area (Å²) >= 11 is 6.01. The van der Waals surface area contributed by atoms with Crippen LogP contribution in [0.15, 0.2) is 41.3 Å². The number of aliphatic hydroxyl groups excluding tert-OH is 2. The Labute approximate surface area is 181 Å². The molecule has 13 heteroatoms. The van der Waals surface area contributed by atoms with Gasteiger partial charge in [0.1, 0.15) is 24.1 Å². The molecule has 6 atom stereocenters. The number of aliphatic hydroxyl groups is 2. The smallest absolute Gasteiger partial charge is 0.387 e. The summed E-state index contributed by atoms with van der Waals surface area (Å²) in [6, 6.07) is 8.30. The van der Waals surface area contributed by atoms with Crippen molar-refractivity contribution in [3.63, 3.8) is 0 Å². The lowest BCUT2D eigenvalue weighted by Gasteiger charge is -2.29. The first kappa shape index (κ1) is 22.4. The lowest BCUT2D eigenvalue weighted by Crippen LogP contribution is -2.36. The number of nitrogens with two attached hydrogens (primary N) is 1. The third kappa shape index (κ3) is 4.84. The van der Waals surface area contributed by atoms with Gasteiger partial charge in [0.2, 0.25) is 0 Å².